The van der Waals surface area contributed by atoms with Crippen molar-refractivity contribution >= 4 is 60.3 Å². The van der Waals surface area contributed by atoms with Gasteiger partial charge in [-0.15, -0.1) is 0 Å². The van der Waals surface area contributed by atoms with E-state index in [0.29, 0.717) is 22.5 Å². The number of fused-ring (bicyclic) bond motifs is 1. The van der Waals surface area contributed by atoms with Gasteiger partial charge in [-0.2, -0.15) is 25.3 Å². The molecule has 2 unspecified atom stereocenters. The summed E-state index contributed by atoms with van der Waals surface area (Å²) in [5.41, 5.74) is 7.99. The second-order valence-electron chi connectivity index (χ2n) is 8.04. The summed E-state index contributed by atoms with van der Waals surface area (Å²) in [6, 6.07) is 13.8. The van der Waals surface area contributed by atoms with E-state index in [1.54, 1.807) is 24.3 Å². The number of nitrogens with two attached hydrogens (primary N) is 1. The molecule has 36 heavy (non-hydrogen) atoms. The molecular formula is C24H27N5O5S2. The van der Waals surface area contributed by atoms with Gasteiger partial charge in [0.2, 0.25) is 18.0 Å². The number of thiol groups is 2. The van der Waals surface area contributed by atoms with E-state index in [1.165, 1.54) is 11.9 Å². The van der Waals surface area contributed by atoms with E-state index in [2.05, 4.69) is 35.6 Å². The first-order valence-corrected chi connectivity index (χ1v) is 12.3. The number of anilines is 1. The number of carbonyl (C=O) groups excluding carboxylic acids is 3. The topological polar surface area (TPSA) is 145 Å². The van der Waals surface area contributed by atoms with Gasteiger partial charge < -0.3 is 21.1 Å². The summed E-state index contributed by atoms with van der Waals surface area (Å²) < 4.78 is 0. The van der Waals surface area contributed by atoms with Gasteiger partial charge in [0.05, 0.1) is 17.4 Å². The first-order valence-electron chi connectivity index (χ1n) is 11.0. The predicted octanol–water partition coefficient (Wildman–Crippen LogP) is 0.411. The molecule has 0 radical (unpaired) electrons. The highest BCUT2D eigenvalue weighted by atomic mass is 32.1. The van der Waals surface area contributed by atoms with Crippen LogP contribution < -0.4 is 16.0 Å². The molecule has 3 rings (SSSR count). The Morgan fingerprint density at radius 2 is 1.75 bits per heavy atom. The quantitative estimate of drug-likeness (QED) is 0.298. The van der Waals surface area contributed by atoms with Crippen molar-refractivity contribution in [3.63, 3.8) is 0 Å². The SMILES string of the molecule is CN(C(=O)C(N)CS)C1N=C(c2ccccc2)c2ccccc2N(CC(=O)N[C@@H](CS)C(=O)O)C1=O. The monoisotopic (exact) mass is 529 g/mol. The van der Waals surface area contributed by atoms with Gasteiger partial charge in [-0.05, 0) is 6.07 Å². The number of rotatable bonds is 9. The van der Waals surface area contributed by atoms with Crippen LogP contribution in [0.25, 0.3) is 0 Å². The smallest absolute Gasteiger partial charge is 0.327 e. The Morgan fingerprint density at radius 1 is 1.11 bits per heavy atom. The average Bonchev–Trinajstić information content (AvgIpc) is 3.01. The van der Waals surface area contributed by atoms with Gasteiger partial charge in [0, 0.05) is 29.7 Å². The standard InChI is InChI=1S/C24H27N5O5S2/c1-28(22(31)16(25)12-35)21-23(32)29(11-19(30)26-17(13-36)24(33)34)18-10-6-5-9-15(18)20(27-21)14-7-3-2-4-8-14/h2-10,16-17,21,35-36H,11-13,25H2,1H3,(H,26,30)(H,33,34)/t16?,17-,21?/m0/s1. The molecule has 3 atom stereocenters. The van der Waals surface area contributed by atoms with Crippen molar-refractivity contribution in [3.05, 3.63) is 65.7 Å². The van der Waals surface area contributed by atoms with Crippen LogP contribution in [0.3, 0.4) is 0 Å². The highest BCUT2D eigenvalue weighted by Gasteiger charge is 2.38. The number of para-hydroxylation sites is 1. The lowest BCUT2D eigenvalue weighted by atomic mass is 10.0. The molecule has 190 valence electrons. The number of amides is 3. The van der Waals surface area contributed by atoms with E-state index in [9.17, 15) is 24.3 Å². The number of carbonyl (C=O) groups is 4. The highest BCUT2D eigenvalue weighted by Crippen LogP contribution is 2.29. The van der Waals surface area contributed by atoms with Gasteiger partial charge in [0.1, 0.15) is 12.6 Å². The number of likely N-dealkylation sites (N-methyl/N-ethyl adjacent to an activating group) is 1. The maximum atomic E-state index is 13.8. The Kier molecular flexibility index (Phi) is 9.13. The van der Waals surface area contributed by atoms with E-state index in [1.807, 2.05) is 30.3 Å². The van der Waals surface area contributed by atoms with Crippen molar-refractivity contribution in [2.75, 3.05) is 30.0 Å². The van der Waals surface area contributed by atoms with Crippen molar-refractivity contribution < 1.29 is 24.3 Å². The molecule has 0 bridgehead atoms. The number of carboxylic acids is 1. The van der Waals surface area contributed by atoms with Crippen LogP contribution in [-0.4, -0.2) is 82.8 Å². The number of aliphatic imine (C=N–C) groups is 1. The van der Waals surface area contributed by atoms with Crippen LogP contribution in [0.1, 0.15) is 11.1 Å². The number of hydrogen-bond acceptors (Lipinski definition) is 8. The molecule has 0 saturated heterocycles. The third-order valence-corrected chi connectivity index (χ3v) is 6.34. The van der Waals surface area contributed by atoms with Crippen molar-refractivity contribution in [3.8, 4) is 0 Å². The van der Waals surface area contributed by atoms with Crippen LogP contribution in [0.15, 0.2) is 59.6 Å². The summed E-state index contributed by atoms with van der Waals surface area (Å²) in [6.07, 6.45) is -1.33. The fourth-order valence-electron chi connectivity index (χ4n) is 3.69. The molecular weight excluding hydrogens is 502 g/mol. The fraction of sp³-hybridized carbons (Fsp3) is 0.292. The summed E-state index contributed by atoms with van der Waals surface area (Å²) in [4.78, 5) is 57.9. The third-order valence-electron chi connectivity index (χ3n) is 5.58. The lowest BCUT2D eigenvalue weighted by Gasteiger charge is -2.30. The van der Waals surface area contributed by atoms with Crippen LogP contribution >= 0.6 is 25.3 Å². The van der Waals surface area contributed by atoms with E-state index in [4.69, 9.17) is 5.73 Å². The number of carboxylic acid groups (broad SMARTS) is 1. The lowest BCUT2D eigenvalue weighted by Crippen LogP contribution is -2.55. The Morgan fingerprint density at radius 3 is 2.36 bits per heavy atom. The molecule has 3 amide bonds. The second-order valence-corrected chi connectivity index (χ2v) is 8.77. The zero-order valence-electron chi connectivity index (χ0n) is 19.4. The van der Waals surface area contributed by atoms with Gasteiger partial charge in [-0.25, -0.2) is 9.79 Å². The van der Waals surface area contributed by atoms with Gasteiger partial charge in [-0.1, -0.05) is 48.5 Å². The van der Waals surface area contributed by atoms with Gasteiger partial charge in [-0.3, -0.25) is 19.3 Å². The molecule has 1 heterocycles. The van der Waals surface area contributed by atoms with Crippen molar-refractivity contribution in [2.45, 2.75) is 18.2 Å². The van der Waals surface area contributed by atoms with Gasteiger partial charge in [0.25, 0.3) is 5.91 Å². The normalized spacial score (nSPS) is 16.8. The number of nitrogens with one attached hydrogen (secondary N) is 1. The minimum Gasteiger partial charge on any atom is -0.480 e. The molecule has 0 spiro atoms. The zero-order chi connectivity index (χ0) is 26.4. The summed E-state index contributed by atoms with van der Waals surface area (Å²) in [7, 11) is 1.41. The summed E-state index contributed by atoms with van der Waals surface area (Å²) in [6.45, 7) is -0.498. The molecule has 10 nitrogen and oxygen atoms in total. The first-order chi connectivity index (χ1) is 17.2. The van der Waals surface area contributed by atoms with E-state index in [0.717, 1.165) is 4.90 Å². The average molecular weight is 530 g/mol. The first kappa shape index (κ1) is 27.2. The number of benzene rings is 2. The number of nitrogens with zero attached hydrogens (tertiary/aromatic N) is 3. The number of hydrogen-bond donors (Lipinski definition) is 5. The predicted molar refractivity (Wildman–Crippen MR) is 143 cm³/mol. The van der Waals surface area contributed by atoms with E-state index >= 15 is 0 Å². The molecule has 1 aliphatic rings. The minimum absolute atomic E-state index is 0.0615. The van der Waals surface area contributed by atoms with Crippen LogP contribution in [-0.2, 0) is 19.2 Å². The van der Waals surface area contributed by atoms with Gasteiger partial charge >= 0.3 is 5.97 Å². The lowest BCUT2D eigenvalue weighted by molar-refractivity contribution is -0.141. The molecule has 2 aromatic rings. The Hall–Kier alpha value is -3.35. The molecule has 0 aromatic heterocycles. The molecule has 12 heteroatoms. The molecule has 0 saturated carbocycles. The maximum Gasteiger partial charge on any atom is 0.327 e. The van der Waals surface area contributed by atoms with Crippen LogP contribution in [0.5, 0.6) is 0 Å². The molecule has 1 aliphatic heterocycles. The minimum atomic E-state index is -1.33. The Labute approximate surface area is 219 Å². The van der Waals surface area contributed by atoms with Crippen molar-refractivity contribution in [2.24, 2.45) is 10.7 Å². The summed E-state index contributed by atoms with van der Waals surface area (Å²) in [5, 5.41) is 11.6. The zero-order valence-corrected chi connectivity index (χ0v) is 21.2. The largest absolute Gasteiger partial charge is 0.480 e. The fourth-order valence-corrected chi connectivity index (χ4v) is 4.09. The number of benzodiazepines with no additional fused rings is 1. The second kappa shape index (κ2) is 12.1. The summed E-state index contributed by atoms with van der Waals surface area (Å²) >= 11 is 8.05. The van der Waals surface area contributed by atoms with Crippen LogP contribution in [0.2, 0.25) is 0 Å². The molecule has 4 N–H and O–H groups in total. The van der Waals surface area contributed by atoms with Crippen molar-refractivity contribution in [1.82, 2.24) is 10.2 Å². The van der Waals surface area contributed by atoms with E-state index < -0.39 is 48.5 Å². The summed E-state index contributed by atoms with van der Waals surface area (Å²) in [5.74, 6) is -3.22. The van der Waals surface area contributed by atoms with Crippen molar-refractivity contribution in [1.29, 1.82) is 0 Å². The molecule has 2 aromatic carbocycles. The Bertz CT molecular complexity index is 1180. The third kappa shape index (κ3) is 5.89. The van der Waals surface area contributed by atoms with E-state index in [-0.39, 0.29) is 11.5 Å². The molecule has 0 aliphatic carbocycles. The van der Waals surface area contributed by atoms with Gasteiger partial charge in [0.15, 0.2) is 0 Å². The number of aliphatic carboxylic acids is 1. The highest BCUT2D eigenvalue weighted by molar-refractivity contribution is 7.80. The maximum absolute atomic E-state index is 13.8. The molecule has 0 fully saturated rings. The van der Waals surface area contributed by atoms with Crippen LogP contribution in [0.4, 0.5) is 5.69 Å². The van der Waals surface area contributed by atoms with Crippen LogP contribution in [0, 0.1) is 0 Å². The Balaban J connectivity index is 2.11.